The molecule has 1 rings (SSSR count). The SMILES string of the molecule is C=C(CC=C(C)C(=O)O)C(=O)OCCc1ccccc1. The lowest BCUT2D eigenvalue weighted by Crippen LogP contribution is -2.09. The molecule has 20 heavy (non-hydrogen) atoms. The Morgan fingerprint density at radius 2 is 1.95 bits per heavy atom. The molecule has 4 heteroatoms. The molecule has 0 radical (unpaired) electrons. The van der Waals surface area contributed by atoms with Gasteiger partial charge in [0.15, 0.2) is 0 Å². The predicted octanol–water partition coefficient (Wildman–Crippen LogP) is 2.75. The van der Waals surface area contributed by atoms with E-state index < -0.39 is 11.9 Å². The molecular formula is C16H18O4. The van der Waals surface area contributed by atoms with Gasteiger partial charge in [-0.1, -0.05) is 43.0 Å². The van der Waals surface area contributed by atoms with Gasteiger partial charge in [0.25, 0.3) is 0 Å². The number of carboxylic acids is 1. The van der Waals surface area contributed by atoms with Gasteiger partial charge in [-0.2, -0.15) is 0 Å². The van der Waals surface area contributed by atoms with E-state index in [4.69, 9.17) is 9.84 Å². The molecule has 0 aliphatic rings. The van der Waals surface area contributed by atoms with Crippen molar-refractivity contribution < 1.29 is 19.4 Å². The van der Waals surface area contributed by atoms with Crippen LogP contribution in [0.2, 0.25) is 0 Å². The van der Waals surface area contributed by atoms with E-state index in [1.165, 1.54) is 13.0 Å². The van der Waals surface area contributed by atoms with Gasteiger partial charge in [-0.3, -0.25) is 0 Å². The van der Waals surface area contributed by atoms with Gasteiger partial charge in [-0.15, -0.1) is 0 Å². The summed E-state index contributed by atoms with van der Waals surface area (Å²) < 4.78 is 5.09. The third kappa shape index (κ3) is 5.52. The molecule has 1 aromatic rings. The Hall–Kier alpha value is -2.36. The van der Waals surface area contributed by atoms with Crippen LogP contribution < -0.4 is 0 Å². The summed E-state index contributed by atoms with van der Waals surface area (Å²) in [6, 6.07) is 9.70. The van der Waals surface area contributed by atoms with Crippen LogP contribution in [-0.2, 0) is 20.7 Å². The molecule has 0 amide bonds. The molecule has 1 N–H and O–H groups in total. The van der Waals surface area contributed by atoms with Gasteiger partial charge in [0.05, 0.1) is 6.61 Å². The number of carbonyl (C=O) groups excluding carboxylic acids is 1. The maximum Gasteiger partial charge on any atom is 0.333 e. The first-order chi connectivity index (χ1) is 9.50. The van der Waals surface area contributed by atoms with Crippen molar-refractivity contribution in [3.8, 4) is 0 Å². The zero-order valence-corrected chi connectivity index (χ0v) is 11.5. The molecule has 4 nitrogen and oxygen atoms in total. The first-order valence-electron chi connectivity index (χ1n) is 6.29. The molecule has 0 unspecified atom stereocenters. The van der Waals surface area contributed by atoms with Crippen LogP contribution in [0.1, 0.15) is 18.9 Å². The van der Waals surface area contributed by atoms with Crippen LogP contribution in [0.4, 0.5) is 0 Å². The van der Waals surface area contributed by atoms with Gasteiger partial charge in [-0.05, 0) is 18.9 Å². The Labute approximate surface area is 118 Å². The summed E-state index contributed by atoms with van der Waals surface area (Å²) in [5, 5.41) is 8.69. The molecule has 0 bridgehead atoms. The molecule has 0 aromatic heterocycles. The van der Waals surface area contributed by atoms with Gasteiger partial charge in [0.2, 0.25) is 0 Å². The van der Waals surface area contributed by atoms with Crippen LogP contribution in [0.25, 0.3) is 0 Å². The van der Waals surface area contributed by atoms with Gasteiger partial charge in [0.1, 0.15) is 0 Å². The fourth-order valence-corrected chi connectivity index (χ4v) is 1.46. The average Bonchev–Trinajstić information content (AvgIpc) is 2.45. The Kier molecular flexibility index (Phi) is 6.23. The maximum atomic E-state index is 11.6. The zero-order valence-electron chi connectivity index (χ0n) is 11.5. The Morgan fingerprint density at radius 3 is 2.55 bits per heavy atom. The van der Waals surface area contributed by atoms with E-state index in [0.717, 1.165) is 5.56 Å². The number of carboxylic acid groups (broad SMARTS) is 1. The van der Waals surface area contributed by atoms with Crippen LogP contribution in [-0.4, -0.2) is 23.7 Å². The number of hydrogen-bond acceptors (Lipinski definition) is 3. The number of benzene rings is 1. The number of allylic oxidation sites excluding steroid dienone is 1. The van der Waals surface area contributed by atoms with Crippen LogP contribution in [0, 0.1) is 0 Å². The van der Waals surface area contributed by atoms with Crippen molar-refractivity contribution in [2.75, 3.05) is 6.61 Å². The Bertz CT molecular complexity index is 515. The first kappa shape index (κ1) is 15.7. The number of hydrogen-bond donors (Lipinski definition) is 1. The lowest BCUT2D eigenvalue weighted by Gasteiger charge is -2.06. The highest BCUT2D eigenvalue weighted by atomic mass is 16.5. The van der Waals surface area contributed by atoms with Crippen molar-refractivity contribution in [3.05, 3.63) is 59.7 Å². The van der Waals surface area contributed by atoms with Gasteiger partial charge < -0.3 is 9.84 Å². The summed E-state index contributed by atoms with van der Waals surface area (Å²) in [5.74, 6) is -1.49. The summed E-state index contributed by atoms with van der Waals surface area (Å²) in [6.45, 7) is 5.35. The normalized spacial score (nSPS) is 10.9. The van der Waals surface area contributed by atoms with Gasteiger partial charge in [0, 0.05) is 17.6 Å². The molecule has 0 heterocycles. The van der Waals surface area contributed by atoms with Crippen LogP contribution in [0.5, 0.6) is 0 Å². The summed E-state index contributed by atoms with van der Waals surface area (Å²) in [5.41, 5.74) is 1.52. The summed E-state index contributed by atoms with van der Waals surface area (Å²) in [7, 11) is 0. The molecule has 1 aromatic carbocycles. The third-order valence-electron chi connectivity index (χ3n) is 2.75. The van der Waals surface area contributed by atoms with Crippen molar-refractivity contribution in [1.82, 2.24) is 0 Å². The molecule has 0 spiro atoms. The second kappa shape index (κ2) is 7.94. The summed E-state index contributed by atoms with van der Waals surface area (Å²) in [6.07, 6.45) is 2.27. The Morgan fingerprint density at radius 1 is 1.30 bits per heavy atom. The molecular weight excluding hydrogens is 256 g/mol. The number of carbonyl (C=O) groups is 2. The standard InChI is InChI=1S/C16H18O4/c1-12(15(17)18)8-9-13(2)16(19)20-11-10-14-6-4-3-5-7-14/h3-8H,2,9-11H2,1H3,(H,17,18). The number of esters is 1. The topological polar surface area (TPSA) is 63.6 Å². The van der Waals surface area contributed by atoms with Crippen LogP contribution >= 0.6 is 0 Å². The summed E-state index contributed by atoms with van der Waals surface area (Å²) >= 11 is 0. The minimum atomic E-state index is -1.00. The zero-order chi connectivity index (χ0) is 15.0. The van der Waals surface area contributed by atoms with Crippen molar-refractivity contribution in [1.29, 1.82) is 0 Å². The maximum absolute atomic E-state index is 11.6. The van der Waals surface area contributed by atoms with E-state index in [2.05, 4.69) is 6.58 Å². The minimum absolute atomic E-state index is 0.183. The fraction of sp³-hybridized carbons (Fsp3) is 0.250. The van der Waals surface area contributed by atoms with Crippen molar-refractivity contribution >= 4 is 11.9 Å². The lowest BCUT2D eigenvalue weighted by atomic mass is 10.1. The highest BCUT2D eigenvalue weighted by molar-refractivity contribution is 5.89. The quantitative estimate of drug-likeness (QED) is 0.613. The summed E-state index contributed by atoms with van der Waals surface area (Å²) in [4.78, 5) is 22.2. The molecule has 0 saturated heterocycles. The molecule has 0 fully saturated rings. The lowest BCUT2D eigenvalue weighted by molar-refractivity contribution is -0.139. The predicted molar refractivity (Wildman–Crippen MR) is 76.3 cm³/mol. The largest absolute Gasteiger partial charge is 0.478 e. The highest BCUT2D eigenvalue weighted by Crippen LogP contribution is 2.07. The molecule has 106 valence electrons. The number of aliphatic carboxylic acids is 1. The van der Waals surface area contributed by atoms with Crippen molar-refractivity contribution in [2.24, 2.45) is 0 Å². The second-order valence-electron chi connectivity index (χ2n) is 4.37. The van der Waals surface area contributed by atoms with Gasteiger partial charge >= 0.3 is 11.9 Å². The van der Waals surface area contributed by atoms with E-state index in [-0.39, 0.29) is 24.2 Å². The Balaban J connectivity index is 2.34. The van der Waals surface area contributed by atoms with Crippen molar-refractivity contribution in [3.63, 3.8) is 0 Å². The van der Waals surface area contributed by atoms with Gasteiger partial charge in [-0.25, -0.2) is 9.59 Å². The van der Waals surface area contributed by atoms with E-state index >= 15 is 0 Å². The van der Waals surface area contributed by atoms with Crippen LogP contribution in [0.15, 0.2) is 54.1 Å². The highest BCUT2D eigenvalue weighted by Gasteiger charge is 2.08. The molecule has 0 atom stereocenters. The van der Waals surface area contributed by atoms with Crippen molar-refractivity contribution in [2.45, 2.75) is 19.8 Å². The third-order valence-corrected chi connectivity index (χ3v) is 2.75. The van der Waals surface area contributed by atoms with E-state index in [9.17, 15) is 9.59 Å². The van der Waals surface area contributed by atoms with Crippen LogP contribution in [0.3, 0.4) is 0 Å². The van der Waals surface area contributed by atoms with E-state index in [1.54, 1.807) is 0 Å². The molecule has 0 saturated carbocycles. The van der Waals surface area contributed by atoms with E-state index in [1.807, 2.05) is 30.3 Å². The number of rotatable bonds is 7. The molecule has 0 aliphatic carbocycles. The minimum Gasteiger partial charge on any atom is -0.478 e. The number of ether oxygens (including phenoxy) is 1. The second-order valence-corrected chi connectivity index (χ2v) is 4.37. The smallest absolute Gasteiger partial charge is 0.333 e. The fourth-order valence-electron chi connectivity index (χ4n) is 1.46. The van der Waals surface area contributed by atoms with E-state index in [0.29, 0.717) is 6.42 Å². The monoisotopic (exact) mass is 274 g/mol. The molecule has 0 aliphatic heterocycles. The first-order valence-corrected chi connectivity index (χ1v) is 6.29. The average molecular weight is 274 g/mol.